The smallest absolute Gasteiger partial charge is 0.255 e. The lowest BCUT2D eigenvalue weighted by Crippen LogP contribution is -2.26. The van der Waals surface area contributed by atoms with E-state index in [-0.39, 0.29) is 5.91 Å². The zero-order valence-electron chi connectivity index (χ0n) is 11.8. The first-order chi connectivity index (χ1) is 9.51. The first-order valence-electron chi connectivity index (χ1n) is 6.17. The number of rotatable bonds is 4. The molecule has 0 aliphatic rings. The van der Waals surface area contributed by atoms with E-state index in [0.29, 0.717) is 23.5 Å². The van der Waals surface area contributed by atoms with E-state index in [1.54, 1.807) is 48.1 Å². The second-order valence-electron chi connectivity index (χ2n) is 4.64. The molecule has 106 valence electrons. The number of nitrogen functional groups attached to an aromatic ring is 1. The molecule has 0 radical (unpaired) electrons. The van der Waals surface area contributed by atoms with Crippen LogP contribution in [0.2, 0.25) is 0 Å². The third-order valence-corrected chi connectivity index (χ3v) is 3.01. The third-order valence-electron chi connectivity index (χ3n) is 3.01. The molecule has 0 fully saturated rings. The largest absolute Gasteiger partial charge is 0.497 e. The molecule has 0 bridgehead atoms. The van der Waals surface area contributed by atoms with E-state index in [1.807, 2.05) is 13.2 Å². The van der Waals surface area contributed by atoms with Crippen molar-refractivity contribution in [3.05, 3.63) is 41.7 Å². The van der Waals surface area contributed by atoms with Gasteiger partial charge in [0.2, 0.25) is 0 Å². The molecular formula is C14H18N4O2. The minimum atomic E-state index is -0.131. The van der Waals surface area contributed by atoms with Gasteiger partial charge in [0.05, 0.1) is 18.9 Å². The molecule has 0 aliphatic carbocycles. The van der Waals surface area contributed by atoms with Gasteiger partial charge in [0.25, 0.3) is 5.91 Å². The summed E-state index contributed by atoms with van der Waals surface area (Å²) in [6.45, 7) is 0.484. The van der Waals surface area contributed by atoms with Crippen molar-refractivity contribution in [2.45, 2.75) is 6.54 Å². The fourth-order valence-corrected chi connectivity index (χ4v) is 1.97. The van der Waals surface area contributed by atoms with Crippen LogP contribution in [0, 0.1) is 0 Å². The predicted octanol–water partition coefficient (Wildman–Crippen LogP) is 1.28. The Hall–Kier alpha value is -2.50. The van der Waals surface area contributed by atoms with Crippen molar-refractivity contribution >= 4 is 11.6 Å². The van der Waals surface area contributed by atoms with Crippen LogP contribution >= 0.6 is 0 Å². The van der Waals surface area contributed by atoms with E-state index >= 15 is 0 Å². The second kappa shape index (κ2) is 5.64. The van der Waals surface area contributed by atoms with Crippen molar-refractivity contribution in [1.82, 2.24) is 14.7 Å². The van der Waals surface area contributed by atoms with Crippen molar-refractivity contribution in [2.24, 2.45) is 7.05 Å². The third kappa shape index (κ3) is 2.90. The Balaban J connectivity index is 2.14. The lowest BCUT2D eigenvalue weighted by molar-refractivity contribution is 0.0786. The highest BCUT2D eigenvalue weighted by Crippen LogP contribution is 2.21. The molecule has 1 aromatic carbocycles. The molecule has 20 heavy (non-hydrogen) atoms. The first kappa shape index (κ1) is 13.9. The van der Waals surface area contributed by atoms with E-state index in [9.17, 15) is 4.79 Å². The molecule has 2 aromatic rings. The van der Waals surface area contributed by atoms with Gasteiger partial charge in [0.1, 0.15) is 5.75 Å². The molecule has 0 saturated carbocycles. The number of aryl methyl sites for hydroxylation is 1. The monoisotopic (exact) mass is 274 g/mol. The van der Waals surface area contributed by atoms with Crippen LogP contribution in [0.25, 0.3) is 0 Å². The molecule has 6 nitrogen and oxygen atoms in total. The second-order valence-corrected chi connectivity index (χ2v) is 4.64. The number of methoxy groups -OCH3 is 1. The molecule has 1 heterocycles. The van der Waals surface area contributed by atoms with Gasteiger partial charge in [-0.1, -0.05) is 0 Å². The number of ether oxygens (including phenoxy) is 1. The highest BCUT2D eigenvalue weighted by Gasteiger charge is 2.16. The van der Waals surface area contributed by atoms with Crippen molar-refractivity contribution in [2.75, 3.05) is 19.9 Å². The van der Waals surface area contributed by atoms with Gasteiger partial charge in [0.15, 0.2) is 0 Å². The van der Waals surface area contributed by atoms with Crippen LogP contribution in [0.4, 0.5) is 5.69 Å². The van der Waals surface area contributed by atoms with Gasteiger partial charge in [-0.3, -0.25) is 9.48 Å². The highest BCUT2D eigenvalue weighted by molar-refractivity contribution is 5.99. The Labute approximate surface area is 117 Å². The molecule has 0 atom stereocenters. The average molecular weight is 274 g/mol. The Morgan fingerprint density at radius 3 is 2.80 bits per heavy atom. The molecule has 0 spiro atoms. The van der Waals surface area contributed by atoms with Gasteiger partial charge in [0, 0.05) is 44.2 Å². The fourth-order valence-electron chi connectivity index (χ4n) is 1.97. The normalized spacial score (nSPS) is 10.3. The molecule has 0 saturated heterocycles. The number of hydrogen-bond acceptors (Lipinski definition) is 4. The van der Waals surface area contributed by atoms with Crippen molar-refractivity contribution < 1.29 is 9.53 Å². The molecule has 0 aliphatic heterocycles. The topological polar surface area (TPSA) is 73.4 Å². The van der Waals surface area contributed by atoms with E-state index in [4.69, 9.17) is 10.5 Å². The maximum atomic E-state index is 12.4. The summed E-state index contributed by atoms with van der Waals surface area (Å²) >= 11 is 0. The number of anilines is 1. The molecule has 0 unspecified atom stereocenters. The average Bonchev–Trinajstić information content (AvgIpc) is 2.83. The van der Waals surface area contributed by atoms with Crippen molar-refractivity contribution in [3.63, 3.8) is 0 Å². The molecular weight excluding hydrogens is 256 g/mol. The van der Waals surface area contributed by atoms with E-state index in [2.05, 4.69) is 5.10 Å². The summed E-state index contributed by atoms with van der Waals surface area (Å²) in [5, 5.41) is 4.08. The summed E-state index contributed by atoms with van der Waals surface area (Å²) in [6.07, 6.45) is 3.61. The number of aromatic nitrogens is 2. The van der Waals surface area contributed by atoms with Crippen LogP contribution in [0.3, 0.4) is 0 Å². The first-order valence-corrected chi connectivity index (χ1v) is 6.17. The lowest BCUT2D eigenvalue weighted by atomic mass is 10.1. The molecule has 6 heteroatoms. The predicted molar refractivity (Wildman–Crippen MR) is 76.4 cm³/mol. The van der Waals surface area contributed by atoms with Gasteiger partial charge < -0.3 is 15.4 Å². The minimum Gasteiger partial charge on any atom is -0.497 e. The van der Waals surface area contributed by atoms with Gasteiger partial charge in [-0.05, 0) is 12.1 Å². The number of carbonyl (C=O) groups is 1. The minimum absolute atomic E-state index is 0.131. The summed E-state index contributed by atoms with van der Waals surface area (Å²) in [5.74, 6) is 0.503. The Morgan fingerprint density at radius 1 is 1.50 bits per heavy atom. The quantitative estimate of drug-likeness (QED) is 0.852. The van der Waals surface area contributed by atoms with E-state index < -0.39 is 0 Å². The Kier molecular flexibility index (Phi) is 3.93. The number of benzene rings is 1. The summed E-state index contributed by atoms with van der Waals surface area (Å²) in [6, 6.07) is 5.04. The van der Waals surface area contributed by atoms with Gasteiger partial charge in [-0.2, -0.15) is 5.10 Å². The van der Waals surface area contributed by atoms with E-state index in [0.717, 1.165) is 5.56 Å². The molecule has 2 rings (SSSR count). The summed E-state index contributed by atoms with van der Waals surface area (Å²) in [4.78, 5) is 14.0. The number of hydrogen-bond donors (Lipinski definition) is 1. The summed E-state index contributed by atoms with van der Waals surface area (Å²) in [5.41, 5.74) is 7.74. The lowest BCUT2D eigenvalue weighted by Gasteiger charge is -2.17. The molecule has 1 amide bonds. The van der Waals surface area contributed by atoms with Gasteiger partial charge >= 0.3 is 0 Å². The summed E-state index contributed by atoms with van der Waals surface area (Å²) in [7, 11) is 5.14. The Bertz CT molecular complexity index is 621. The van der Waals surface area contributed by atoms with Gasteiger partial charge in [-0.25, -0.2) is 0 Å². The number of nitrogens with two attached hydrogens (primary N) is 1. The zero-order chi connectivity index (χ0) is 14.7. The zero-order valence-corrected chi connectivity index (χ0v) is 11.8. The van der Waals surface area contributed by atoms with Crippen LogP contribution < -0.4 is 10.5 Å². The fraction of sp³-hybridized carbons (Fsp3) is 0.286. The Morgan fingerprint density at radius 2 is 2.25 bits per heavy atom. The van der Waals surface area contributed by atoms with Crippen molar-refractivity contribution in [1.29, 1.82) is 0 Å². The highest BCUT2D eigenvalue weighted by atomic mass is 16.5. The van der Waals surface area contributed by atoms with Crippen LogP contribution in [-0.2, 0) is 13.6 Å². The summed E-state index contributed by atoms with van der Waals surface area (Å²) < 4.78 is 6.78. The van der Waals surface area contributed by atoms with Crippen LogP contribution in [0.1, 0.15) is 15.9 Å². The number of amides is 1. The molecule has 1 aromatic heterocycles. The SMILES string of the molecule is COc1ccc(C(=O)N(C)Cc2cnn(C)c2)c(N)c1. The van der Waals surface area contributed by atoms with Crippen molar-refractivity contribution in [3.8, 4) is 5.75 Å². The number of carbonyl (C=O) groups excluding carboxylic acids is 1. The van der Waals surface area contributed by atoms with Crippen LogP contribution in [0.15, 0.2) is 30.6 Å². The molecule has 2 N–H and O–H groups in total. The van der Waals surface area contributed by atoms with Gasteiger partial charge in [-0.15, -0.1) is 0 Å². The number of nitrogens with zero attached hydrogens (tertiary/aromatic N) is 3. The maximum Gasteiger partial charge on any atom is 0.255 e. The maximum absolute atomic E-state index is 12.4. The standard InChI is InChI=1S/C14H18N4O2/c1-17(8-10-7-16-18(2)9-10)14(19)12-5-4-11(20-3)6-13(12)15/h4-7,9H,8,15H2,1-3H3. The van der Waals surface area contributed by atoms with E-state index in [1.165, 1.54) is 0 Å². The van der Waals surface area contributed by atoms with Crippen LogP contribution in [-0.4, -0.2) is 34.7 Å². The van der Waals surface area contributed by atoms with Crippen LogP contribution in [0.5, 0.6) is 5.75 Å².